The molecule has 4 amide bonds. The number of alkyl carbamates (subject to hydrolysis) is 1. The molecule has 14 heteroatoms. The van der Waals surface area contributed by atoms with Crippen molar-refractivity contribution < 1.29 is 37.1 Å². The number of benzene rings is 1. The number of nitrogens with one attached hydrogen (secondary N) is 3. The minimum Gasteiger partial charge on any atom is -0.472 e. The first kappa shape index (κ1) is 34.7. The van der Waals surface area contributed by atoms with Gasteiger partial charge in [0, 0.05) is 23.9 Å². The summed E-state index contributed by atoms with van der Waals surface area (Å²) in [6.45, 7) is 9.37. The van der Waals surface area contributed by atoms with Crippen molar-refractivity contribution in [1.82, 2.24) is 25.2 Å². The van der Waals surface area contributed by atoms with Crippen LogP contribution in [0.4, 0.5) is 4.79 Å². The number of carbonyl (C=O) groups excluding carboxylic acids is 4. The lowest BCUT2D eigenvalue weighted by atomic mass is 9.85. The van der Waals surface area contributed by atoms with Crippen molar-refractivity contribution in [3.8, 4) is 5.88 Å². The van der Waals surface area contributed by atoms with E-state index >= 15 is 0 Å². The van der Waals surface area contributed by atoms with Gasteiger partial charge in [0.15, 0.2) is 0 Å². The summed E-state index contributed by atoms with van der Waals surface area (Å²) in [6, 6.07) is 5.85. The molecule has 4 bridgehead atoms. The first-order chi connectivity index (χ1) is 23.2. The lowest BCUT2D eigenvalue weighted by molar-refractivity contribution is -0.142. The van der Waals surface area contributed by atoms with Gasteiger partial charge in [-0.05, 0) is 73.4 Å². The van der Waals surface area contributed by atoms with Gasteiger partial charge < -0.3 is 25.0 Å². The number of carbonyl (C=O) groups is 4. The minimum atomic E-state index is -3.88. The third-order valence-corrected chi connectivity index (χ3v) is 11.7. The van der Waals surface area contributed by atoms with Crippen molar-refractivity contribution in [2.24, 2.45) is 11.3 Å². The van der Waals surface area contributed by atoms with Crippen LogP contribution in [0.5, 0.6) is 5.88 Å². The molecule has 0 spiro atoms. The second-order valence-corrected chi connectivity index (χ2v) is 16.7. The van der Waals surface area contributed by atoms with Gasteiger partial charge in [-0.15, -0.1) is 6.58 Å². The highest BCUT2D eigenvalue weighted by Gasteiger charge is 2.62. The van der Waals surface area contributed by atoms with Crippen molar-refractivity contribution in [3.05, 3.63) is 48.7 Å². The number of ether oxygens (including phenoxy) is 2. The molecule has 264 valence electrons. The highest BCUT2D eigenvalue weighted by molar-refractivity contribution is 7.91. The molecule has 0 radical (unpaired) electrons. The standard InChI is InChI=1S/C35H45N5O8S/c1-5-23-19-35(23,32(43)39-49(45,46)25-12-13-25)38-29(41)27-18-24-20-40(27)31(42)28(34(2,3)4)37-33(44)47-16-8-6-7-9-21-10-11-22-14-15-36-30(48-24)26(22)17-21/h5,10-11,14-15,17,23-25,27-28H,1,6-9,12-13,16,18-20H2,2-4H3,(H,37,44)(H,38,41)(H,39,43)/t23-,24+,27-,28+,35+/m0/s1. The number of nitrogens with zero attached hydrogens (tertiary/aromatic N) is 2. The predicted octanol–water partition coefficient (Wildman–Crippen LogP) is 3.12. The van der Waals surface area contributed by atoms with Crippen LogP contribution in [0, 0.1) is 11.3 Å². The van der Waals surface area contributed by atoms with Gasteiger partial charge in [0.25, 0.3) is 5.91 Å². The smallest absolute Gasteiger partial charge is 0.407 e. The third kappa shape index (κ3) is 7.38. The molecule has 1 aromatic carbocycles. The zero-order valence-corrected chi connectivity index (χ0v) is 29.0. The van der Waals surface area contributed by atoms with E-state index in [2.05, 4.69) is 33.0 Å². The van der Waals surface area contributed by atoms with Crippen molar-refractivity contribution in [2.75, 3.05) is 13.2 Å². The Kier molecular flexibility index (Phi) is 9.38. The fourth-order valence-electron chi connectivity index (χ4n) is 6.74. The number of sulfonamides is 1. The Hall–Kier alpha value is -4.20. The molecule has 3 heterocycles. The van der Waals surface area contributed by atoms with Crippen molar-refractivity contribution in [2.45, 2.75) is 101 Å². The van der Waals surface area contributed by atoms with Gasteiger partial charge in [0.05, 0.1) is 18.4 Å². The van der Waals surface area contributed by atoms with E-state index in [1.165, 1.54) is 11.0 Å². The molecule has 2 aliphatic heterocycles. The number of rotatable bonds is 6. The summed E-state index contributed by atoms with van der Waals surface area (Å²) < 4.78 is 39.3. The van der Waals surface area contributed by atoms with E-state index in [9.17, 15) is 27.6 Å². The number of aromatic nitrogens is 1. The summed E-state index contributed by atoms with van der Waals surface area (Å²) in [5.74, 6) is -2.11. The van der Waals surface area contributed by atoms with Crippen LogP contribution in [0.25, 0.3) is 10.8 Å². The molecule has 0 unspecified atom stereocenters. The van der Waals surface area contributed by atoms with Gasteiger partial charge in [0.1, 0.15) is 23.7 Å². The number of aryl methyl sites for hydroxylation is 1. The van der Waals surface area contributed by atoms with E-state index < -0.39 is 74.1 Å². The number of cyclic esters (lactones) is 1. The molecule has 13 nitrogen and oxygen atoms in total. The minimum absolute atomic E-state index is 0.00186. The van der Waals surface area contributed by atoms with Crippen LogP contribution in [0.1, 0.15) is 71.3 Å². The molecule has 3 N–H and O–H groups in total. The van der Waals surface area contributed by atoms with Gasteiger partial charge in [-0.3, -0.25) is 19.1 Å². The van der Waals surface area contributed by atoms with E-state index in [-0.39, 0.29) is 26.0 Å². The summed E-state index contributed by atoms with van der Waals surface area (Å²) in [5.41, 5.74) is -1.19. The SMILES string of the molecule is C=C[C@H]1C[C@]1(NC(=O)[C@@H]1C[C@@H]2CN1C(=O)[C@H](C(C)(C)C)NC(=O)OCCCCCc1ccc3ccnc(c3c1)O2)C(=O)NS(=O)(=O)C1CC1. The highest BCUT2D eigenvalue weighted by atomic mass is 32.2. The Labute approximate surface area is 286 Å². The summed E-state index contributed by atoms with van der Waals surface area (Å²) >= 11 is 0. The Morgan fingerprint density at radius 2 is 1.92 bits per heavy atom. The molecular weight excluding hydrogens is 650 g/mol. The maximum atomic E-state index is 14.4. The number of fused-ring (bicyclic) bond motifs is 3. The van der Waals surface area contributed by atoms with Gasteiger partial charge >= 0.3 is 6.09 Å². The average Bonchev–Trinajstić information content (AvgIpc) is 3.97. The van der Waals surface area contributed by atoms with Crippen molar-refractivity contribution in [3.63, 3.8) is 0 Å². The molecule has 6 rings (SSSR count). The van der Waals surface area contributed by atoms with Crippen LogP contribution in [0.2, 0.25) is 0 Å². The number of pyridine rings is 1. The summed E-state index contributed by atoms with van der Waals surface area (Å²) in [4.78, 5) is 60.8. The Balaban J connectivity index is 1.32. The molecule has 2 aromatic rings. The zero-order valence-electron chi connectivity index (χ0n) is 28.2. The normalized spacial score (nSPS) is 28.0. The molecule has 1 aromatic heterocycles. The van der Waals surface area contributed by atoms with E-state index in [4.69, 9.17) is 9.47 Å². The van der Waals surface area contributed by atoms with E-state index in [0.717, 1.165) is 35.6 Å². The maximum absolute atomic E-state index is 14.4. The average molecular weight is 696 g/mol. The quantitative estimate of drug-likeness (QED) is 0.384. The zero-order chi connectivity index (χ0) is 35.1. The third-order valence-electron chi connectivity index (χ3n) is 9.89. The van der Waals surface area contributed by atoms with E-state index in [1.807, 2.05) is 18.2 Å². The molecule has 5 atom stereocenters. The van der Waals surface area contributed by atoms with Gasteiger partial charge in [-0.25, -0.2) is 18.2 Å². The predicted molar refractivity (Wildman–Crippen MR) is 181 cm³/mol. The van der Waals surface area contributed by atoms with Crippen LogP contribution < -0.4 is 20.1 Å². The van der Waals surface area contributed by atoms with Gasteiger partial charge in [-0.1, -0.05) is 39.0 Å². The van der Waals surface area contributed by atoms with Crippen LogP contribution in [0.15, 0.2) is 43.1 Å². The van der Waals surface area contributed by atoms with E-state index in [0.29, 0.717) is 25.1 Å². The first-order valence-corrected chi connectivity index (χ1v) is 18.6. The molecule has 2 aliphatic carbocycles. The number of amides is 4. The van der Waals surface area contributed by atoms with E-state index in [1.54, 1.807) is 27.0 Å². The lowest BCUT2D eigenvalue weighted by Crippen LogP contribution is -2.60. The molecule has 1 saturated heterocycles. The Bertz CT molecular complexity index is 1770. The largest absolute Gasteiger partial charge is 0.472 e. The summed E-state index contributed by atoms with van der Waals surface area (Å²) in [7, 11) is -3.88. The molecule has 49 heavy (non-hydrogen) atoms. The highest BCUT2D eigenvalue weighted by Crippen LogP contribution is 2.45. The second-order valence-electron chi connectivity index (χ2n) is 14.7. The first-order valence-electron chi connectivity index (χ1n) is 17.0. The van der Waals surface area contributed by atoms with Gasteiger partial charge in [0.2, 0.25) is 27.7 Å². The monoisotopic (exact) mass is 695 g/mol. The second kappa shape index (κ2) is 13.3. The van der Waals surface area contributed by atoms with Crippen LogP contribution in [0.3, 0.4) is 0 Å². The van der Waals surface area contributed by atoms with Crippen LogP contribution >= 0.6 is 0 Å². The van der Waals surface area contributed by atoms with Crippen molar-refractivity contribution in [1.29, 1.82) is 0 Å². The lowest BCUT2D eigenvalue weighted by Gasteiger charge is -2.35. The fourth-order valence-corrected chi connectivity index (χ4v) is 8.10. The summed E-state index contributed by atoms with van der Waals surface area (Å²) in [5, 5.41) is 6.65. The fraction of sp³-hybridized carbons (Fsp3) is 0.571. The van der Waals surface area contributed by atoms with Gasteiger partial charge in [-0.2, -0.15) is 0 Å². The van der Waals surface area contributed by atoms with Crippen LogP contribution in [-0.4, -0.2) is 84.2 Å². The topological polar surface area (TPSA) is 173 Å². The number of hydrogen-bond donors (Lipinski definition) is 3. The maximum Gasteiger partial charge on any atom is 0.407 e. The van der Waals surface area contributed by atoms with Crippen molar-refractivity contribution >= 4 is 44.6 Å². The van der Waals surface area contributed by atoms with Crippen LogP contribution in [-0.2, 0) is 35.6 Å². The number of hydrogen-bond acceptors (Lipinski definition) is 9. The molecule has 3 fully saturated rings. The Morgan fingerprint density at radius 3 is 2.61 bits per heavy atom. The molecule has 2 saturated carbocycles. The molecular formula is C35H45N5O8S. The molecule has 4 aliphatic rings. The Morgan fingerprint density at radius 1 is 1.14 bits per heavy atom. The summed E-state index contributed by atoms with van der Waals surface area (Å²) in [6.07, 6.45) is 6.14.